The molecule has 27 heavy (non-hydrogen) atoms. The first-order valence-corrected chi connectivity index (χ1v) is 9.24. The second kappa shape index (κ2) is 8.73. The van der Waals surface area contributed by atoms with Crippen LogP contribution in [0.4, 0.5) is 17.5 Å². The first kappa shape index (κ1) is 19.0. The van der Waals surface area contributed by atoms with E-state index in [9.17, 15) is 0 Å². The Labute approximate surface area is 164 Å². The minimum Gasteiger partial charge on any atom is -0.491 e. The zero-order chi connectivity index (χ0) is 19.2. The molecule has 0 bridgehead atoms. The maximum atomic E-state index is 6.21. The van der Waals surface area contributed by atoms with Gasteiger partial charge in [-0.15, -0.1) is 0 Å². The summed E-state index contributed by atoms with van der Waals surface area (Å²) in [4.78, 5) is 8.99. The fourth-order valence-electron chi connectivity index (χ4n) is 2.56. The standard InChI is InChI=1S/C21H23ClN4O/c1-14(2)27-18-10-8-17(9-11-18)25-21-24-15(3)12-20(26-21)23-13-16-6-4-5-7-19(16)22/h4-12,14H,13H2,1-3H3,(H2,23,24,25,26). The smallest absolute Gasteiger partial charge is 0.229 e. The van der Waals surface area contributed by atoms with Crippen molar-refractivity contribution in [3.8, 4) is 5.75 Å². The lowest BCUT2D eigenvalue weighted by Gasteiger charge is -2.12. The number of aromatic nitrogens is 2. The van der Waals surface area contributed by atoms with Gasteiger partial charge in [0.2, 0.25) is 5.95 Å². The van der Waals surface area contributed by atoms with Gasteiger partial charge in [-0.05, 0) is 56.7 Å². The summed E-state index contributed by atoms with van der Waals surface area (Å²) in [5.41, 5.74) is 2.79. The van der Waals surface area contributed by atoms with E-state index in [-0.39, 0.29) is 6.10 Å². The minimum absolute atomic E-state index is 0.149. The first-order valence-electron chi connectivity index (χ1n) is 8.86. The molecule has 3 rings (SSSR count). The number of hydrogen-bond acceptors (Lipinski definition) is 5. The average molecular weight is 383 g/mol. The molecule has 0 atom stereocenters. The summed E-state index contributed by atoms with van der Waals surface area (Å²) < 4.78 is 5.66. The first-order chi connectivity index (χ1) is 13.0. The maximum Gasteiger partial charge on any atom is 0.229 e. The normalized spacial score (nSPS) is 10.7. The van der Waals surface area contributed by atoms with Crippen molar-refractivity contribution in [3.63, 3.8) is 0 Å². The summed E-state index contributed by atoms with van der Waals surface area (Å²) in [6, 6.07) is 17.4. The average Bonchev–Trinajstić information content (AvgIpc) is 2.62. The Bertz CT molecular complexity index is 897. The van der Waals surface area contributed by atoms with Crippen LogP contribution in [0.1, 0.15) is 25.1 Å². The lowest BCUT2D eigenvalue weighted by molar-refractivity contribution is 0.242. The Hall–Kier alpha value is -2.79. The van der Waals surface area contributed by atoms with Gasteiger partial charge < -0.3 is 15.4 Å². The molecule has 0 aliphatic rings. The highest BCUT2D eigenvalue weighted by Crippen LogP contribution is 2.21. The van der Waals surface area contributed by atoms with Crippen molar-refractivity contribution in [2.45, 2.75) is 33.4 Å². The van der Waals surface area contributed by atoms with Crippen molar-refractivity contribution in [1.82, 2.24) is 9.97 Å². The summed E-state index contributed by atoms with van der Waals surface area (Å²) in [5.74, 6) is 2.11. The molecule has 5 nitrogen and oxygen atoms in total. The molecule has 0 unspecified atom stereocenters. The molecule has 0 amide bonds. The molecule has 0 aliphatic carbocycles. The second-order valence-electron chi connectivity index (χ2n) is 6.48. The van der Waals surface area contributed by atoms with Crippen LogP contribution in [0.2, 0.25) is 5.02 Å². The number of ether oxygens (including phenoxy) is 1. The highest BCUT2D eigenvalue weighted by Gasteiger charge is 2.05. The molecule has 0 spiro atoms. The molecule has 2 aromatic carbocycles. The van der Waals surface area contributed by atoms with Gasteiger partial charge in [0.25, 0.3) is 0 Å². The lowest BCUT2D eigenvalue weighted by Crippen LogP contribution is -2.06. The molecule has 0 aliphatic heterocycles. The molecule has 3 aromatic rings. The molecule has 1 aromatic heterocycles. The van der Waals surface area contributed by atoms with E-state index in [0.29, 0.717) is 12.5 Å². The van der Waals surface area contributed by atoms with Crippen LogP contribution in [0.25, 0.3) is 0 Å². The predicted molar refractivity (Wildman–Crippen MR) is 111 cm³/mol. The number of hydrogen-bond donors (Lipinski definition) is 2. The Kier molecular flexibility index (Phi) is 6.14. The van der Waals surface area contributed by atoms with E-state index in [0.717, 1.165) is 33.5 Å². The zero-order valence-electron chi connectivity index (χ0n) is 15.7. The van der Waals surface area contributed by atoms with Crippen LogP contribution in [0.3, 0.4) is 0 Å². The quantitative estimate of drug-likeness (QED) is 0.558. The van der Waals surface area contributed by atoms with Gasteiger partial charge in [0.1, 0.15) is 11.6 Å². The van der Waals surface area contributed by atoms with E-state index >= 15 is 0 Å². The maximum absolute atomic E-state index is 6.21. The minimum atomic E-state index is 0.149. The SMILES string of the molecule is Cc1cc(NCc2ccccc2Cl)nc(Nc2ccc(OC(C)C)cc2)n1. The molecule has 1 heterocycles. The van der Waals surface area contributed by atoms with Gasteiger partial charge in [-0.25, -0.2) is 4.98 Å². The largest absolute Gasteiger partial charge is 0.491 e. The van der Waals surface area contributed by atoms with E-state index in [1.165, 1.54) is 0 Å². The van der Waals surface area contributed by atoms with Gasteiger partial charge in [0.05, 0.1) is 6.10 Å². The molecule has 140 valence electrons. The third-order valence-corrected chi connectivity index (χ3v) is 4.12. The topological polar surface area (TPSA) is 59.1 Å². The van der Waals surface area contributed by atoms with E-state index in [1.807, 2.05) is 75.4 Å². The van der Waals surface area contributed by atoms with Crippen LogP contribution >= 0.6 is 11.6 Å². The van der Waals surface area contributed by atoms with Crippen LogP contribution < -0.4 is 15.4 Å². The summed E-state index contributed by atoms with van der Waals surface area (Å²) in [5, 5.41) is 7.27. The number of halogens is 1. The number of anilines is 3. The van der Waals surface area contributed by atoms with Gasteiger partial charge >= 0.3 is 0 Å². The Balaban J connectivity index is 1.68. The van der Waals surface area contributed by atoms with E-state index in [1.54, 1.807) is 0 Å². The van der Waals surface area contributed by atoms with E-state index in [4.69, 9.17) is 16.3 Å². The van der Waals surface area contributed by atoms with Gasteiger partial charge in [0, 0.05) is 29.0 Å². The third kappa shape index (κ3) is 5.59. The molecule has 6 heteroatoms. The number of nitrogens with one attached hydrogen (secondary N) is 2. The van der Waals surface area contributed by atoms with Gasteiger partial charge in [-0.2, -0.15) is 4.98 Å². The van der Waals surface area contributed by atoms with Crippen molar-refractivity contribution >= 4 is 29.1 Å². The molecule has 0 saturated carbocycles. The molecule has 2 N–H and O–H groups in total. The van der Waals surface area contributed by atoms with Crippen LogP contribution in [0, 0.1) is 6.92 Å². The number of benzene rings is 2. The van der Waals surface area contributed by atoms with Crippen molar-refractivity contribution < 1.29 is 4.74 Å². The van der Waals surface area contributed by atoms with Crippen LogP contribution in [0.5, 0.6) is 5.75 Å². The Morgan fingerprint density at radius 3 is 2.48 bits per heavy atom. The fraction of sp³-hybridized carbons (Fsp3) is 0.238. The monoisotopic (exact) mass is 382 g/mol. The molecule has 0 saturated heterocycles. The Morgan fingerprint density at radius 1 is 1.04 bits per heavy atom. The van der Waals surface area contributed by atoms with Crippen molar-refractivity contribution in [3.05, 3.63) is 70.9 Å². The van der Waals surface area contributed by atoms with Gasteiger partial charge in [-0.3, -0.25) is 0 Å². The van der Waals surface area contributed by atoms with Crippen LogP contribution in [-0.2, 0) is 6.54 Å². The molecular formula is C21H23ClN4O. The summed E-state index contributed by atoms with van der Waals surface area (Å²) in [7, 11) is 0. The number of aryl methyl sites for hydroxylation is 1. The van der Waals surface area contributed by atoms with Crippen LogP contribution in [0.15, 0.2) is 54.6 Å². The summed E-state index contributed by atoms with van der Waals surface area (Å²) >= 11 is 6.21. The van der Waals surface area contributed by atoms with E-state index < -0.39 is 0 Å². The Morgan fingerprint density at radius 2 is 1.78 bits per heavy atom. The summed E-state index contributed by atoms with van der Waals surface area (Å²) in [6.45, 7) is 6.54. The van der Waals surface area contributed by atoms with Gasteiger partial charge in [0.15, 0.2) is 0 Å². The van der Waals surface area contributed by atoms with Crippen molar-refractivity contribution in [2.75, 3.05) is 10.6 Å². The lowest BCUT2D eigenvalue weighted by atomic mass is 10.2. The highest BCUT2D eigenvalue weighted by molar-refractivity contribution is 6.31. The van der Waals surface area contributed by atoms with E-state index in [2.05, 4.69) is 20.6 Å². The molecule has 0 radical (unpaired) electrons. The number of rotatable bonds is 7. The second-order valence-corrected chi connectivity index (χ2v) is 6.89. The van der Waals surface area contributed by atoms with Gasteiger partial charge in [-0.1, -0.05) is 29.8 Å². The zero-order valence-corrected chi connectivity index (χ0v) is 16.4. The molecular weight excluding hydrogens is 360 g/mol. The highest BCUT2D eigenvalue weighted by atomic mass is 35.5. The predicted octanol–water partition coefficient (Wildman–Crippen LogP) is 5.58. The molecule has 0 fully saturated rings. The van der Waals surface area contributed by atoms with Crippen molar-refractivity contribution in [1.29, 1.82) is 0 Å². The van der Waals surface area contributed by atoms with Crippen LogP contribution in [-0.4, -0.2) is 16.1 Å². The third-order valence-electron chi connectivity index (χ3n) is 3.75. The van der Waals surface area contributed by atoms with Crippen molar-refractivity contribution in [2.24, 2.45) is 0 Å². The fourth-order valence-corrected chi connectivity index (χ4v) is 2.76. The number of nitrogens with zero attached hydrogens (tertiary/aromatic N) is 2. The summed E-state index contributed by atoms with van der Waals surface area (Å²) in [6.07, 6.45) is 0.149.